The summed E-state index contributed by atoms with van der Waals surface area (Å²) in [6.45, 7) is 0. The first-order valence-corrected chi connectivity index (χ1v) is 10.9. The molecule has 6 nitrogen and oxygen atoms in total. The van der Waals surface area contributed by atoms with E-state index < -0.39 is 36.3 Å². The average Bonchev–Trinajstić information content (AvgIpc) is 3.36. The molecule has 0 bridgehead atoms. The standard InChI is InChI=1S/C19H13BrF6N4O2S/c20-14-15(17(31)27-9-3-5-10(6-4-9)32-19(24,25)26)29-30-13(18(21,22)23)8-11(28-16(14)30)12-2-1-7-33-12/h1-7,11,13,28H,8H2,(H,27,31)/t11-,13-/m0/s1. The number of thiophene rings is 1. The predicted molar refractivity (Wildman–Crippen MR) is 111 cm³/mol. The van der Waals surface area contributed by atoms with E-state index >= 15 is 0 Å². The molecule has 2 atom stereocenters. The summed E-state index contributed by atoms with van der Waals surface area (Å²) in [5.41, 5.74) is -0.210. The van der Waals surface area contributed by atoms with Gasteiger partial charge in [0.2, 0.25) is 0 Å². The molecule has 176 valence electrons. The van der Waals surface area contributed by atoms with Crippen LogP contribution in [-0.4, -0.2) is 28.2 Å². The van der Waals surface area contributed by atoms with E-state index in [1.165, 1.54) is 11.3 Å². The number of benzene rings is 1. The first-order chi connectivity index (χ1) is 15.4. The van der Waals surface area contributed by atoms with Crippen molar-refractivity contribution >= 4 is 44.7 Å². The minimum Gasteiger partial charge on any atom is -0.406 e. The van der Waals surface area contributed by atoms with Crippen molar-refractivity contribution in [2.24, 2.45) is 0 Å². The number of carbonyl (C=O) groups excluding carboxylic acids is 1. The zero-order valence-corrected chi connectivity index (χ0v) is 18.6. The highest BCUT2D eigenvalue weighted by molar-refractivity contribution is 9.10. The number of aromatic nitrogens is 2. The molecule has 0 unspecified atom stereocenters. The molecule has 0 saturated heterocycles. The van der Waals surface area contributed by atoms with Crippen LogP contribution in [0.25, 0.3) is 0 Å². The molecule has 3 heterocycles. The van der Waals surface area contributed by atoms with Crippen LogP contribution in [0.1, 0.15) is 33.9 Å². The number of carbonyl (C=O) groups is 1. The van der Waals surface area contributed by atoms with Crippen molar-refractivity contribution in [1.82, 2.24) is 9.78 Å². The Hall–Kier alpha value is -2.74. The van der Waals surface area contributed by atoms with E-state index in [0.29, 0.717) is 4.88 Å². The lowest BCUT2D eigenvalue weighted by molar-refractivity contribution is -0.274. The number of alkyl halides is 6. The van der Waals surface area contributed by atoms with Crippen molar-refractivity contribution in [1.29, 1.82) is 0 Å². The van der Waals surface area contributed by atoms with Crippen LogP contribution in [0.4, 0.5) is 37.8 Å². The number of anilines is 2. The summed E-state index contributed by atoms with van der Waals surface area (Å²) in [7, 11) is 0. The van der Waals surface area contributed by atoms with E-state index in [9.17, 15) is 31.1 Å². The van der Waals surface area contributed by atoms with Crippen LogP contribution in [0.2, 0.25) is 0 Å². The van der Waals surface area contributed by atoms with Crippen molar-refractivity contribution in [3.63, 3.8) is 0 Å². The van der Waals surface area contributed by atoms with E-state index in [2.05, 4.69) is 36.4 Å². The third-order valence-corrected chi connectivity index (χ3v) is 6.48. The van der Waals surface area contributed by atoms with Gasteiger partial charge < -0.3 is 15.4 Å². The molecule has 3 aromatic rings. The molecule has 1 aromatic carbocycles. The van der Waals surface area contributed by atoms with Gasteiger partial charge in [-0.25, -0.2) is 4.68 Å². The topological polar surface area (TPSA) is 68.2 Å². The fraction of sp³-hybridized carbons (Fsp3) is 0.263. The molecule has 2 aromatic heterocycles. The molecule has 0 saturated carbocycles. The number of hydrogen-bond acceptors (Lipinski definition) is 5. The number of halogens is 7. The lowest BCUT2D eigenvalue weighted by Gasteiger charge is -2.33. The number of hydrogen-bond donors (Lipinski definition) is 2. The Morgan fingerprint density at radius 2 is 1.88 bits per heavy atom. The monoisotopic (exact) mass is 554 g/mol. The first kappa shape index (κ1) is 23.4. The fourth-order valence-corrected chi connectivity index (χ4v) is 4.69. The smallest absolute Gasteiger partial charge is 0.406 e. The van der Waals surface area contributed by atoms with E-state index in [0.717, 1.165) is 28.9 Å². The molecule has 0 spiro atoms. The Bertz CT molecular complexity index is 1140. The average molecular weight is 555 g/mol. The number of amides is 1. The number of fused-ring (bicyclic) bond motifs is 1. The van der Waals surface area contributed by atoms with Crippen molar-refractivity contribution in [2.75, 3.05) is 10.6 Å². The van der Waals surface area contributed by atoms with Crippen LogP contribution in [0.5, 0.6) is 5.75 Å². The van der Waals surface area contributed by atoms with Crippen LogP contribution in [0.3, 0.4) is 0 Å². The van der Waals surface area contributed by atoms with Gasteiger partial charge in [-0.05, 0) is 51.6 Å². The van der Waals surface area contributed by atoms with Gasteiger partial charge >= 0.3 is 12.5 Å². The molecule has 0 radical (unpaired) electrons. The molecule has 1 aliphatic rings. The Kier molecular flexibility index (Phi) is 6.07. The van der Waals surface area contributed by atoms with Gasteiger partial charge in [0.15, 0.2) is 11.7 Å². The molecule has 2 N–H and O–H groups in total. The third kappa shape index (κ3) is 5.11. The van der Waals surface area contributed by atoms with Crippen molar-refractivity contribution < 1.29 is 35.9 Å². The highest BCUT2D eigenvalue weighted by atomic mass is 79.9. The largest absolute Gasteiger partial charge is 0.573 e. The van der Waals surface area contributed by atoms with Crippen LogP contribution >= 0.6 is 27.3 Å². The second-order valence-corrected chi connectivity index (χ2v) is 8.76. The van der Waals surface area contributed by atoms with E-state index in [4.69, 9.17) is 0 Å². The molecule has 1 aliphatic heterocycles. The summed E-state index contributed by atoms with van der Waals surface area (Å²) in [5, 5.41) is 11.0. The van der Waals surface area contributed by atoms with Gasteiger partial charge in [-0.15, -0.1) is 24.5 Å². The molecule has 4 rings (SSSR count). The van der Waals surface area contributed by atoms with Crippen LogP contribution in [0, 0.1) is 0 Å². The number of rotatable bonds is 4. The second-order valence-electron chi connectivity index (χ2n) is 6.99. The molecule has 1 amide bonds. The van der Waals surface area contributed by atoms with E-state index in [1.54, 1.807) is 17.5 Å². The SMILES string of the molecule is O=C(Nc1ccc(OC(F)(F)F)cc1)c1nn2c(c1Br)N[C@H](c1cccs1)C[C@H]2C(F)(F)F. The zero-order chi connectivity index (χ0) is 24.0. The Morgan fingerprint density at radius 3 is 2.45 bits per heavy atom. The summed E-state index contributed by atoms with van der Waals surface area (Å²) in [5.74, 6) is -1.33. The second kappa shape index (κ2) is 8.56. The normalized spacial score (nSPS) is 18.4. The van der Waals surface area contributed by atoms with Gasteiger partial charge in [0, 0.05) is 17.0 Å². The van der Waals surface area contributed by atoms with Crippen molar-refractivity contribution in [2.45, 2.75) is 31.0 Å². The fourth-order valence-electron chi connectivity index (χ4n) is 3.34. The van der Waals surface area contributed by atoms with Gasteiger partial charge in [-0.2, -0.15) is 18.3 Å². The van der Waals surface area contributed by atoms with Crippen LogP contribution < -0.4 is 15.4 Å². The lowest BCUT2D eigenvalue weighted by Crippen LogP contribution is -2.35. The van der Waals surface area contributed by atoms with Crippen LogP contribution in [-0.2, 0) is 0 Å². The molecule has 14 heteroatoms. The van der Waals surface area contributed by atoms with Gasteiger partial charge in [0.25, 0.3) is 5.91 Å². The quantitative estimate of drug-likeness (QED) is 0.360. The maximum Gasteiger partial charge on any atom is 0.573 e. The van der Waals surface area contributed by atoms with E-state index in [1.807, 2.05) is 0 Å². The Labute approximate surface area is 194 Å². The predicted octanol–water partition coefficient (Wildman–Crippen LogP) is 6.52. The van der Waals surface area contributed by atoms with Gasteiger partial charge in [-0.3, -0.25) is 4.79 Å². The van der Waals surface area contributed by atoms with Crippen molar-refractivity contribution in [3.05, 3.63) is 56.8 Å². The summed E-state index contributed by atoms with van der Waals surface area (Å²) in [6.07, 6.45) is -9.79. The number of nitrogens with one attached hydrogen (secondary N) is 2. The lowest BCUT2D eigenvalue weighted by atomic mass is 10.0. The Morgan fingerprint density at radius 1 is 1.18 bits per heavy atom. The third-order valence-electron chi connectivity index (χ3n) is 4.74. The molecular formula is C19H13BrF6N4O2S. The van der Waals surface area contributed by atoms with Crippen LogP contribution in [0.15, 0.2) is 46.3 Å². The maximum atomic E-state index is 13.8. The minimum atomic E-state index is -4.87. The summed E-state index contributed by atoms with van der Waals surface area (Å²) in [4.78, 5) is 13.4. The van der Waals surface area contributed by atoms with Gasteiger partial charge in [0.05, 0.1) is 10.5 Å². The first-order valence-electron chi connectivity index (χ1n) is 9.24. The van der Waals surface area contributed by atoms with Gasteiger partial charge in [-0.1, -0.05) is 6.07 Å². The molecule has 0 fully saturated rings. The Balaban J connectivity index is 1.59. The highest BCUT2D eigenvalue weighted by Crippen LogP contribution is 2.47. The molecule has 0 aliphatic carbocycles. The number of ether oxygens (including phenoxy) is 1. The summed E-state index contributed by atoms with van der Waals surface area (Å²) >= 11 is 4.47. The van der Waals surface area contributed by atoms with E-state index in [-0.39, 0.29) is 28.1 Å². The zero-order valence-electron chi connectivity index (χ0n) is 16.2. The summed E-state index contributed by atoms with van der Waals surface area (Å²) < 4.78 is 82.7. The minimum absolute atomic E-state index is 0.000972. The maximum absolute atomic E-state index is 13.8. The highest BCUT2D eigenvalue weighted by Gasteiger charge is 2.48. The van der Waals surface area contributed by atoms with Crippen molar-refractivity contribution in [3.8, 4) is 5.75 Å². The number of nitrogens with zero attached hydrogens (tertiary/aromatic N) is 2. The molecule has 33 heavy (non-hydrogen) atoms. The molecular weight excluding hydrogens is 542 g/mol. The summed E-state index contributed by atoms with van der Waals surface area (Å²) in [6, 6.07) is 5.15. The van der Waals surface area contributed by atoms with Gasteiger partial charge in [0.1, 0.15) is 11.6 Å².